The molecule has 0 unspecified atom stereocenters. The fourth-order valence-corrected chi connectivity index (χ4v) is 8.64. The summed E-state index contributed by atoms with van der Waals surface area (Å²) >= 11 is 0. The monoisotopic (exact) mass is 535 g/mol. The van der Waals surface area contributed by atoms with Crippen molar-refractivity contribution in [2.75, 3.05) is 26.7 Å². The Morgan fingerprint density at radius 2 is 0.895 bits per heavy atom. The lowest BCUT2D eigenvalue weighted by Crippen LogP contribution is -2.68. The molecule has 4 amide bonds. The summed E-state index contributed by atoms with van der Waals surface area (Å²) < 4.78 is 0. The van der Waals surface area contributed by atoms with Gasteiger partial charge in [0.2, 0.25) is 0 Å². The lowest BCUT2D eigenvalue weighted by molar-refractivity contribution is -0.255. The van der Waals surface area contributed by atoms with E-state index >= 15 is 0 Å². The summed E-state index contributed by atoms with van der Waals surface area (Å²) in [5.41, 5.74) is -1.41. The summed E-state index contributed by atoms with van der Waals surface area (Å²) in [4.78, 5) is 39.9. The van der Waals surface area contributed by atoms with Crippen LogP contribution < -0.4 is 0 Å². The number of nitrogens with zero attached hydrogens (tertiary/aromatic N) is 8. The van der Waals surface area contributed by atoms with Crippen molar-refractivity contribution in [2.45, 2.75) is 128 Å². The summed E-state index contributed by atoms with van der Waals surface area (Å²) in [5.74, 6) is 0. The third-order valence-corrected chi connectivity index (χ3v) is 10.2. The zero-order valence-corrected chi connectivity index (χ0v) is 24.3. The fourth-order valence-electron chi connectivity index (χ4n) is 8.64. The van der Waals surface area contributed by atoms with Gasteiger partial charge in [0.1, 0.15) is 0 Å². The molecule has 0 aromatic rings. The molecular weight excluding hydrogens is 488 g/mol. The zero-order chi connectivity index (χ0) is 27.7. The van der Waals surface area contributed by atoms with E-state index < -0.39 is 11.1 Å². The van der Waals surface area contributed by atoms with Gasteiger partial charge in [-0.25, -0.2) is 9.59 Å². The molecule has 0 aromatic heterocycles. The minimum Gasteiger partial charge on any atom is -0.338 e. The standard InChI is InChI=1S/C26H46N8O4/c1-23(2)9-17(10-24(3,4)33(23)37)27-13-29-19-20-31(21(29)35)15-28(16-32(20)22(36)30(19)14-27)18-11-25(5,6)34(38)26(7,8)12-18/h17-20,37-38H,9-16H2,1-8H3/p+1. The second-order valence-corrected chi connectivity index (χ2v) is 15.0. The van der Waals surface area contributed by atoms with E-state index in [1.54, 1.807) is 5.06 Å². The van der Waals surface area contributed by atoms with Crippen molar-refractivity contribution in [3.8, 4) is 0 Å². The third kappa shape index (κ3) is 3.63. The maximum Gasteiger partial charge on any atom is 0.325 e. The normalized spacial score (nSPS) is 33.1. The minimum atomic E-state index is -0.407. The van der Waals surface area contributed by atoms with Crippen LogP contribution >= 0.6 is 0 Å². The van der Waals surface area contributed by atoms with E-state index in [2.05, 4.69) is 65.2 Å². The van der Waals surface area contributed by atoms with Crippen LogP contribution in [0.2, 0.25) is 0 Å². The Labute approximate surface area is 226 Å². The van der Waals surface area contributed by atoms with Gasteiger partial charge >= 0.3 is 12.1 Å². The number of hydrogen-bond acceptors (Lipinski definition) is 7. The first-order chi connectivity index (χ1) is 17.4. The van der Waals surface area contributed by atoms with Crippen LogP contribution in [0.4, 0.5) is 9.59 Å². The zero-order valence-electron chi connectivity index (χ0n) is 24.3. The van der Waals surface area contributed by atoms with Crippen LogP contribution in [0.1, 0.15) is 81.1 Å². The van der Waals surface area contributed by atoms with Gasteiger partial charge in [-0.2, -0.15) is 5.06 Å². The Balaban J connectivity index is 1.24. The maximum atomic E-state index is 13.9. The molecule has 0 aliphatic carbocycles. The third-order valence-electron chi connectivity index (χ3n) is 10.2. The molecule has 12 nitrogen and oxygen atoms in total. The van der Waals surface area contributed by atoms with E-state index in [-0.39, 0.29) is 47.6 Å². The van der Waals surface area contributed by atoms with E-state index in [9.17, 15) is 14.8 Å². The van der Waals surface area contributed by atoms with Gasteiger partial charge in [-0.15, -0.1) is 0 Å². The first-order valence-electron chi connectivity index (χ1n) is 14.1. The molecule has 0 aromatic carbocycles. The second kappa shape index (κ2) is 7.94. The smallest absolute Gasteiger partial charge is 0.325 e. The van der Waals surface area contributed by atoms with Gasteiger partial charge in [0.25, 0.3) is 0 Å². The van der Waals surface area contributed by atoms with Crippen molar-refractivity contribution in [3.63, 3.8) is 0 Å². The van der Waals surface area contributed by atoms with E-state index in [1.165, 1.54) is 5.06 Å². The van der Waals surface area contributed by atoms with Crippen LogP contribution in [0.3, 0.4) is 0 Å². The molecule has 12 heteroatoms. The average molecular weight is 536 g/mol. The van der Waals surface area contributed by atoms with Crippen LogP contribution in [0.25, 0.3) is 0 Å². The number of carbonyl (C=O) groups excluding carboxylic acids is 2. The fraction of sp³-hybridized carbons (Fsp3) is 0.923. The SMILES string of the molecule is CC1(C)CC(N2CN3C(=O)N4CN(C5CC(C)(C)N([OH2+])C(C)(C)C5)CN5C(=O)N(C2)C3C45)CC(C)(C)N1O. The van der Waals surface area contributed by atoms with E-state index in [0.29, 0.717) is 26.7 Å². The molecule has 6 aliphatic rings. The molecule has 6 fully saturated rings. The molecule has 0 atom stereocenters. The number of hydrogen-bond donors (Lipinski definition) is 1. The average Bonchev–Trinajstić information content (AvgIpc) is 3.26. The van der Waals surface area contributed by atoms with Crippen molar-refractivity contribution >= 4 is 12.1 Å². The van der Waals surface area contributed by atoms with Crippen molar-refractivity contribution in [3.05, 3.63) is 0 Å². The molecule has 0 bridgehead atoms. The van der Waals surface area contributed by atoms with Crippen molar-refractivity contribution < 1.29 is 20.0 Å². The Morgan fingerprint density at radius 1 is 0.605 bits per heavy atom. The summed E-state index contributed by atoms with van der Waals surface area (Å²) in [7, 11) is 0. The summed E-state index contributed by atoms with van der Waals surface area (Å²) in [5, 5.41) is 22.6. The Kier molecular flexibility index (Phi) is 5.54. The Bertz CT molecular complexity index is 885. The van der Waals surface area contributed by atoms with E-state index in [4.69, 9.17) is 5.21 Å². The molecule has 6 rings (SSSR count). The van der Waals surface area contributed by atoms with Gasteiger partial charge in [-0.1, -0.05) is 5.06 Å². The van der Waals surface area contributed by atoms with E-state index in [1.807, 2.05) is 19.6 Å². The Morgan fingerprint density at radius 3 is 1.21 bits per heavy atom. The quantitative estimate of drug-likeness (QED) is 0.537. The molecule has 0 spiro atoms. The topological polar surface area (TPSA) is 103 Å². The van der Waals surface area contributed by atoms with Gasteiger partial charge in [0, 0.05) is 23.2 Å². The molecular formula is C26H47N8O4+. The predicted molar refractivity (Wildman–Crippen MR) is 140 cm³/mol. The maximum absolute atomic E-state index is 13.9. The van der Waals surface area contributed by atoms with Crippen molar-refractivity contribution in [2.24, 2.45) is 0 Å². The Hall–Kier alpha value is -1.70. The molecule has 38 heavy (non-hydrogen) atoms. The largest absolute Gasteiger partial charge is 0.338 e. The van der Waals surface area contributed by atoms with E-state index in [0.717, 1.165) is 25.7 Å². The first kappa shape index (κ1) is 26.5. The summed E-state index contributed by atoms with van der Waals surface area (Å²) in [6.07, 6.45) is 2.63. The lowest BCUT2D eigenvalue weighted by Gasteiger charge is -2.55. The molecule has 6 saturated heterocycles. The van der Waals surface area contributed by atoms with Crippen LogP contribution in [0, 0.1) is 0 Å². The number of hydroxylamine groups is 4. The minimum absolute atomic E-state index is 0.00791. The molecule has 0 radical (unpaired) electrons. The number of carbonyl (C=O) groups is 2. The lowest BCUT2D eigenvalue weighted by atomic mass is 9.78. The van der Waals surface area contributed by atoms with Gasteiger partial charge < -0.3 is 10.4 Å². The van der Waals surface area contributed by atoms with Crippen LogP contribution in [-0.2, 0) is 0 Å². The number of amides is 4. The van der Waals surface area contributed by atoms with Crippen LogP contribution in [0.15, 0.2) is 0 Å². The summed E-state index contributed by atoms with van der Waals surface area (Å²) in [6.45, 7) is 18.6. The molecule has 3 N–H and O–H groups in total. The molecule has 6 heterocycles. The van der Waals surface area contributed by atoms with Crippen LogP contribution in [0.5, 0.6) is 0 Å². The highest BCUT2D eigenvalue weighted by atomic mass is 16.5. The highest BCUT2D eigenvalue weighted by molar-refractivity contribution is 5.85. The van der Waals surface area contributed by atoms with Gasteiger partial charge in [-0.05, 0) is 81.1 Å². The molecule has 6 aliphatic heterocycles. The van der Waals surface area contributed by atoms with Crippen LogP contribution in [-0.4, -0.2) is 135 Å². The number of piperidine rings is 2. The summed E-state index contributed by atoms with van der Waals surface area (Å²) in [6, 6.07) is 0.306. The number of rotatable bonds is 2. The predicted octanol–water partition coefficient (Wildman–Crippen LogP) is 1.65. The van der Waals surface area contributed by atoms with Gasteiger partial charge in [-0.3, -0.25) is 29.4 Å². The van der Waals surface area contributed by atoms with Gasteiger partial charge in [0.15, 0.2) is 12.3 Å². The molecule has 0 saturated carbocycles. The molecule has 214 valence electrons. The van der Waals surface area contributed by atoms with Gasteiger partial charge in [0.05, 0.1) is 37.8 Å². The number of urea groups is 2. The van der Waals surface area contributed by atoms with Crippen molar-refractivity contribution in [1.82, 2.24) is 39.5 Å². The second-order valence-electron chi connectivity index (χ2n) is 15.0. The first-order valence-corrected chi connectivity index (χ1v) is 14.1. The highest BCUT2D eigenvalue weighted by Gasteiger charge is 2.65. The van der Waals surface area contributed by atoms with Crippen molar-refractivity contribution in [1.29, 1.82) is 0 Å². The highest BCUT2D eigenvalue weighted by Crippen LogP contribution is 2.45.